The Labute approximate surface area is 129 Å². The van der Waals surface area contributed by atoms with Gasteiger partial charge in [0.15, 0.2) is 5.78 Å². The quantitative estimate of drug-likeness (QED) is 0.684. The second kappa shape index (κ2) is 6.08. The van der Waals surface area contributed by atoms with Crippen molar-refractivity contribution < 1.29 is 18.0 Å². The Morgan fingerprint density at radius 2 is 1.52 bits per heavy atom. The fourth-order valence-electron chi connectivity index (χ4n) is 1.93. The number of alkyl halides is 3. The van der Waals surface area contributed by atoms with Gasteiger partial charge in [-0.15, -0.1) is 0 Å². The molecule has 21 heavy (non-hydrogen) atoms. The van der Waals surface area contributed by atoms with Gasteiger partial charge in [0.1, 0.15) is 0 Å². The van der Waals surface area contributed by atoms with E-state index in [0.717, 1.165) is 12.1 Å². The van der Waals surface area contributed by atoms with E-state index in [1.165, 1.54) is 24.3 Å². The topological polar surface area (TPSA) is 17.1 Å². The molecule has 0 saturated carbocycles. The van der Waals surface area contributed by atoms with E-state index in [4.69, 9.17) is 23.2 Å². The summed E-state index contributed by atoms with van der Waals surface area (Å²) in [6.45, 7) is 0. The highest BCUT2D eigenvalue weighted by Crippen LogP contribution is 2.33. The van der Waals surface area contributed by atoms with Gasteiger partial charge in [0.25, 0.3) is 0 Å². The number of hydrogen-bond donors (Lipinski definition) is 0. The van der Waals surface area contributed by atoms with Crippen molar-refractivity contribution in [2.75, 3.05) is 0 Å². The van der Waals surface area contributed by atoms with E-state index in [1.807, 2.05) is 0 Å². The van der Waals surface area contributed by atoms with Gasteiger partial charge in [-0.3, -0.25) is 4.79 Å². The van der Waals surface area contributed by atoms with Gasteiger partial charge in [0.05, 0.1) is 5.56 Å². The van der Waals surface area contributed by atoms with Crippen LogP contribution in [-0.2, 0) is 12.6 Å². The van der Waals surface area contributed by atoms with Crippen LogP contribution in [0, 0.1) is 0 Å². The molecule has 1 nitrogen and oxygen atoms in total. The first kappa shape index (κ1) is 15.9. The van der Waals surface area contributed by atoms with Gasteiger partial charge < -0.3 is 0 Å². The van der Waals surface area contributed by atoms with Crippen LogP contribution < -0.4 is 0 Å². The van der Waals surface area contributed by atoms with Crippen LogP contribution in [0.25, 0.3) is 0 Å². The normalized spacial score (nSPS) is 11.5. The maximum absolute atomic E-state index is 12.9. The van der Waals surface area contributed by atoms with Crippen LogP contribution in [0.3, 0.4) is 0 Å². The predicted octanol–water partition coefficient (Wildman–Crippen LogP) is 5.44. The molecule has 110 valence electrons. The fraction of sp³-hybridized carbons (Fsp3) is 0.133. The minimum atomic E-state index is -4.59. The number of carbonyl (C=O) groups is 1. The van der Waals surface area contributed by atoms with Crippen molar-refractivity contribution in [2.45, 2.75) is 12.6 Å². The van der Waals surface area contributed by atoms with E-state index in [2.05, 4.69) is 0 Å². The number of rotatable bonds is 3. The number of hydrogen-bond acceptors (Lipinski definition) is 1. The van der Waals surface area contributed by atoms with Gasteiger partial charge in [0, 0.05) is 22.0 Å². The molecular weight excluding hydrogens is 324 g/mol. The SMILES string of the molecule is O=C(Cc1c(Cl)cccc1Cl)c1ccccc1C(F)(F)F. The summed E-state index contributed by atoms with van der Waals surface area (Å²) in [7, 11) is 0. The van der Waals surface area contributed by atoms with E-state index in [0.29, 0.717) is 5.56 Å². The third-order valence-electron chi connectivity index (χ3n) is 2.93. The van der Waals surface area contributed by atoms with E-state index in [-0.39, 0.29) is 22.0 Å². The Morgan fingerprint density at radius 3 is 2.10 bits per heavy atom. The second-order valence-electron chi connectivity index (χ2n) is 4.34. The molecular formula is C15H9Cl2F3O. The standard InChI is InChI=1S/C15H9Cl2F3O/c16-12-6-3-7-13(17)10(12)8-14(21)9-4-1-2-5-11(9)15(18,19)20/h1-7H,8H2. The van der Waals surface area contributed by atoms with Gasteiger partial charge in [-0.25, -0.2) is 0 Å². The average molecular weight is 333 g/mol. The number of ketones is 1. The summed E-state index contributed by atoms with van der Waals surface area (Å²) in [5.41, 5.74) is -1.03. The smallest absolute Gasteiger partial charge is 0.294 e. The Kier molecular flexibility index (Phi) is 4.59. The molecule has 2 aromatic rings. The van der Waals surface area contributed by atoms with Crippen LogP contribution in [0.5, 0.6) is 0 Å². The molecule has 0 radical (unpaired) electrons. The monoisotopic (exact) mass is 332 g/mol. The van der Waals surface area contributed by atoms with Crippen molar-refractivity contribution in [2.24, 2.45) is 0 Å². The van der Waals surface area contributed by atoms with E-state index in [1.54, 1.807) is 6.07 Å². The molecule has 0 aromatic heterocycles. The highest BCUT2D eigenvalue weighted by Gasteiger charge is 2.34. The fourth-order valence-corrected chi connectivity index (χ4v) is 2.46. The molecule has 0 saturated heterocycles. The number of carbonyl (C=O) groups excluding carboxylic acids is 1. The Morgan fingerprint density at radius 1 is 0.952 bits per heavy atom. The highest BCUT2D eigenvalue weighted by atomic mass is 35.5. The van der Waals surface area contributed by atoms with Crippen molar-refractivity contribution >= 4 is 29.0 Å². The van der Waals surface area contributed by atoms with Crippen LogP contribution in [-0.4, -0.2) is 5.78 Å². The summed E-state index contributed by atoms with van der Waals surface area (Å²) in [4.78, 5) is 12.2. The van der Waals surface area contributed by atoms with Crippen molar-refractivity contribution in [1.82, 2.24) is 0 Å². The first-order chi connectivity index (χ1) is 9.80. The van der Waals surface area contributed by atoms with Gasteiger partial charge >= 0.3 is 6.18 Å². The van der Waals surface area contributed by atoms with Gasteiger partial charge in [0.2, 0.25) is 0 Å². The van der Waals surface area contributed by atoms with Crippen molar-refractivity contribution in [3.8, 4) is 0 Å². The lowest BCUT2D eigenvalue weighted by atomic mass is 9.98. The molecule has 0 aliphatic carbocycles. The molecule has 0 N–H and O–H groups in total. The number of Topliss-reactive ketones (excluding diaryl/α,β-unsaturated/α-hetero) is 1. The lowest BCUT2D eigenvalue weighted by molar-refractivity contribution is -0.137. The summed E-state index contributed by atoms with van der Waals surface area (Å²) < 4.78 is 38.7. The first-order valence-electron chi connectivity index (χ1n) is 5.93. The number of halogens is 5. The molecule has 0 heterocycles. The van der Waals surface area contributed by atoms with E-state index < -0.39 is 17.5 Å². The van der Waals surface area contributed by atoms with Crippen LogP contribution in [0.1, 0.15) is 21.5 Å². The molecule has 6 heteroatoms. The Balaban J connectivity index is 2.38. The van der Waals surface area contributed by atoms with Crippen molar-refractivity contribution in [1.29, 1.82) is 0 Å². The molecule has 2 rings (SSSR count). The summed E-state index contributed by atoms with van der Waals surface area (Å²) in [6.07, 6.45) is -4.87. The third-order valence-corrected chi connectivity index (χ3v) is 3.64. The zero-order valence-corrected chi connectivity index (χ0v) is 12.1. The Hall–Kier alpha value is -1.52. The van der Waals surface area contributed by atoms with Crippen molar-refractivity contribution in [3.05, 3.63) is 69.2 Å². The maximum atomic E-state index is 12.9. The Bertz CT molecular complexity index is 661. The number of benzene rings is 2. The van der Waals surface area contributed by atoms with Crippen molar-refractivity contribution in [3.63, 3.8) is 0 Å². The van der Waals surface area contributed by atoms with Crippen LogP contribution >= 0.6 is 23.2 Å². The second-order valence-corrected chi connectivity index (χ2v) is 5.16. The molecule has 0 spiro atoms. The lowest BCUT2D eigenvalue weighted by Gasteiger charge is -2.12. The molecule has 2 aromatic carbocycles. The van der Waals surface area contributed by atoms with Crippen LogP contribution in [0.15, 0.2) is 42.5 Å². The first-order valence-corrected chi connectivity index (χ1v) is 6.68. The lowest BCUT2D eigenvalue weighted by Crippen LogP contribution is -2.14. The molecule has 0 amide bonds. The molecule has 0 unspecified atom stereocenters. The maximum Gasteiger partial charge on any atom is 0.417 e. The largest absolute Gasteiger partial charge is 0.417 e. The summed E-state index contributed by atoms with van der Waals surface area (Å²) in [6, 6.07) is 9.32. The van der Waals surface area contributed by atoms with E-state index >= 15 is 0 Å². The predicted molar refractivity (Wildman–Crippen MR) is 75.9 cm³/mol. The van der Waals surface area contributed by atoms with Crippen LogP contribution in [0.2, 0.25) is 10.0 Å². The highest BCUT2D eigenvalue weighted by molar-refractivity contribution is 6.36. The molecule has 0 fully saturated rings. The van der Waals surface area contributed by atoms with E-state index in [9.17, 15) is 18.0 Å². The zero-order chi connectivity index (χ0) is 15.6. The summed E-state index contributed by atoms with van der Waals surface area (Å²) in [5, 5.41) is 0.501. The van der Waals surface area contributed by atoms with Crippen LogP contribution in [0.4, 0.5) is 13.2 Å². The van der Waals surface area contributed by atoms with Gasteiger partial charge in [-0.2, -0.15) is 13.2 Å². The third kappa shape index (κ3) is 3.57. The summed E-state index contributed by atoms with van der Waals surface area (Å²) >= 11 is 11.9. The average Bonchev–Trinajstić information content (AvgIpc) is 2.42. The van der Waals surface area contributed by atoms with Gasteiger partial charge in [-0.1, -0.05) is 47.5 Å². The molecule has 0 bridgehead atoms. The minimum absolute atomic E-state index is 0.250. The minimum Gasteiger partial charge on any atom is -0.294 e. The van der Waals surface area contributed by atoms with Gasteiger partial charge in [-0.05, 0) is 23.8 Å². The zero-order valence-electron chi connectivity index (χ0n) is 10.5. The molecule has 0 aliphatic rings. The summed E-state index contributed by atoms with van der Waals surface area (Å²) in [5.74, 6) is -0.682. The molecule has 0 atom stereocenters. The molecule has 0 aliphatic heterocycles.